The summed E-state index contributed by atoms with van der Waals surface area (Å²) in [6.07, 6.45) is 0. The van der Waals surface area contributed by atoms with Crippen molar-refractivity contribution in [2.24, 2.45) is 13.0 Å². The third-order valence-electron chi connectivity index (χ3n) is 4.36. The number of carbonyl (C=O) groups is 2. The highest BCUT2D eigenvalue weighted by atomic mass is 19.1. The number of hydrogen-bond acceptors (Lipinski definition) is 5. The number of aromatic nitrogens is 4. The summed E-state index contributed by atoms with van der Waals surface area (Å²) in [5.41, 5.74) is 1.15. The molecule has 1 aromatic heterocycles. The second kappa shape index (κ2) is 8.59. The van der Waals surface area contributed by atoms with Crippen LogP contribution in [0.15, 0.2) is 48.5 Å². The molecule has 0 saturated carbocycles. The minimum atomic E-state index is -0.845. The fraction of sp³-hybridized carbons (Fsp3) is 0.250. The van der Waals surface area contributed by atoms with Crippen LogP contribution in [0.2, 0.25) is 0 Å². The number of nitrogens with zero attached hydrogens (tertiary/aromatic N) is 4. The van der Waals surface area contributed by atoms with Gasteiger partial charge in [0.25, 0.3) is 5.91 Å². The summed E-state index contributed by atoms with van der Waals surface area (Å²) in [5.74, 6) is -1.35. The predicted molar refractivity (Wildman–Crippen MR) is 105 cm³/mol. The van der Waals surface area contributed by atoms with Crippen molar-refractivity contribution in [1.29, 1.82) is 0 Å². The molecular formula is C20H21FN6O2. The Balaban J connectivity index is 1.76. The van der Waals surface area contributed by atoms with Crippen LogP contribution >= 0.6 is 0 Å². The molecule has 0 aliphatic heterocycles. The zero-order chi connectivity index (χ0) is 21.0. The third-order valence-corrected chi connectivity index (χ3v) is 4.36. The molecule has 2 amide bonds. The summed E-state index contributed by atoms with van der Waals surface area (Å²) in [6, 6.07) is 11.8. The zero-order valence-corrected chi connectivity index (χ0v) is 16.3. The number of benzene rings is 2. The molecule has 0 saturated heterocycles. The first-order chi connectivity index (χ1) is 13.9. The number of tetrazole rings is 1. The first-order valence-electron chi connectivity index (χ1n) is 9.06. The van der Waals surface area contributed by atoms with Gasteiger partial charge >= 0.3 is 0 Å². The molecule has 9 heteroatoms. The lowest BCUT2D eigenvalue weighted by Gasteiger charge is -2.22. The molecule has 1 atom stereocenters. The smallest absolute Gasteiger partial charge is 0.254 e. The Morgan fingerprint density at radius 2 is 1.86 bits per heavy atom. The Morgan fingerprint density at radius 3 is 2.52 bits per heavy atom. The monoisotopic (exact) mass is 396 g/mol. The summed E-state index contributed by atoms with van der Waals surface area (Å²) >= 11 is 0. The molecule has 0 spiro atoms. The van der Waals surface area contributed by atoms with Gasteiger partial charge in [-0.05, 0) is 40.6 Å². The Bertz CT molecular complexity index is 1030. The minimum absolute atomic E-state index is 0.109. The highest BCUT2D eigenvalue weighted by Crippen LogP contribution is 2.20. The van der Waals surface area contributed by atoms with Gasteiger partial charge in [0.15, 0.2) is 5.82 Å². The maximum Gasteiger partial charge on any atom is 0.254 e. The molecular weight excluding hydrogens is 375 g/mol. The predicted octanol–water partition coefficient (Wildman–Crippen LogP) is 2.41. The number of nitrogens with one attached hydrogen (secondary N) is 2. The Morgan fingerprint density at radius 1 is 1.10 bits per heavy atom. The number of aryl methyl sites for hydroxylation is 1. The quantitative estimate of drug-likeness (QED) is 0.666. The van der Waals surface area contributed by atoms with Gasteiger partial charge in [0.1, 0.15) is 11.9 Å². The van der Waals surface area contributed by atoms with E-state index in [-0.39, 0.29) is 11.5 Å². The van der Waals surface area contributed by atoms with E-state index < -0.39 is 23.7 Å². The van der Waals surface area contributed by atoms with E-state index in [9.17, 15) is 14.0 Å². The van der Waals surface area contributed by atoms with Gasteiger partial charge in [-0.25, -0.2) is 9.07 Å². The highest BCUT2D eigenvalue weighted by molar-refractivity contribution is 6.01. The van der Waals surface area contributed by atoms with Crippen LogP contribution in [0.4, 0.5) is 10.1 Å². The summed E-state index contributed by atoms with van der Waals surface area (Å²) in [7, 11) is 1.72. The van der Waals surface area contributed by atoms with Gasteiger partial charge in [-0.2, -0.15) is 0 Å². The molecule has 0 bridgehead atoms. The maximum absolute atomic E-state index is 13.9. The molecule has 29 heavy (non-hydrogen) atoms. The molecule has 150 valence electrons. The lowest BCUT2D eigenvalue weighted by molar-refractivity contribution is -0.118. The van der Waals surface area contributed by atoms with Crippen LogP contribution in [0.5, 0.6) is 0 Å². The summed E-state index contributed by atoms with van der Waals surface area (Å²) in [4.78, 5) is 25.2. The topological polar surface area (TPSA) is 102 Å². The van der Waals surface area contributed by atoms with Crippen molar-refractivity contribution < 1.29 is 14.0 Å². The molecule has 0 unspecified atom stereocenters. The fourth-order valence-corrected chi connectivity index (χ4v) is 2.83. The first-order valence-corrected chi connectivity index (χ1v) is 9.06. The second-order valence-electron chi connectivity index (χ2n) is 6.87. The summed E-state index contributed by atoms with van der Waals surface area (Å²) in [6.45, 7) is 3.60. The number of halogens is 1. The average molecular weight is 396 g/mol. The van der Waals surface area contributed by atoms with Gasteiger partial charge in [-0.1, -0.05) is 38.1 Å². The molecule has 3 aromatic rings. The number of hydrogen-bond donors (Lipinski definition) is 2. The largest absolute Gasteiger partial charge is 0.340 e. The normalized spacial score (nSPS) is 11.9. The van der Waals surface area contributed by atoms with Crippen molar-refractivity contribution in [2.75, 3.05) is 5.32 Å². The second-order valence-corrected chi connectivity index (χ2v) is 6.87. The first kappa shape index (κ1) is 20.1. The van der Waals surface area contributed by atoms with Crippen LogP contribution in [-0.4, -0.2) is 38.1 Å². The van der Waals surface area contributed by atoms with Crippen LogP contribution in [0.3, 0.4) is 0 Å². The average Bonchev–Trinajstić information content (AvgIpc) is 3.12. The van der Waals surface area contributed by atoms with Crippen LogP contribution in [0, 0.1) is 11.7 Å². The van der Waals surface area contributed by atoms with Gasteiger partial charge in [-0.15, -0.1) is 5.10 Å². The molecule has 2 aromatic carbocycles. The van der Waals surface area contributed by atoms with Crippen molar-refractivity contribution >= 4 is 17.5 Å². The molecule has 8 nitrogen and oxygen atoms in total. The Hall–Kier alpha value is -3.62. The standard InChI is InChI=1S/C20H21FN6O2/c1-12(2)17(23-19(28)15-9-4-5-10-16(15)21)20(29)22-14-8-6-7-13(11-14)18-24-25-26-27(18)3/h4-12,17H,1-3H3,(H,22,29)(H,23,28)/t17-/m1/s1. The lowest BCUT2D eigenvalue weighted by Crippen LogP contribution is -2.47. The van der Waals surface area contributed by atoms with Crippen LogP contribution in [0.1, 0.15) is 24.2 Å². The van der Waals surface area contributed by atoms with E-state index in [1.165, 1.54) is 22.9 Å². The van der Waals surface area contributed by atoms with E-state index in [4.69, 9.17) is 0 Å². The van der Waals surface area contributed by atoms with Gasteiger partial charge in [0.05, 0.1) is 5.56 Å². The molecule has 3 rings (SSSR count). The SMILES string of the molecule is CC(C)[C@@H](NC(=O)c1ccccc1F)C(=O)Nc1cccc(-c2nnnn2C)c1. The maximum atomic E-state index is 13.9. The molecule has 0 radical (unpaired) electrons. The van der Waals surface area contributed by atoms with Gasteiger partial charge in [0, 0.05) is 18.3 Å². The van der Waals surface area contributed by atoms with E-state index >= 15 is 0 Å². The summed E-state index contributed by atoms with van der Waals surface area (Å²) in [5, 5.41) is 16.8. The van der Waals surface area contributed by atoms with Crippen molar-refractivity contribution in [3.63, 3.8) is 0 Å². The molecule has 0 fully saturated rings. The fourth-order valence-electron chi connectivity index (χ4n) is 2.83. The van der Waals surface area contributed by atoms with E-state index in [2.05, 4.69) is 26.2 Å². The molecule has 2 N–H and O–H groups in total. The minimum Gasteiger partial charge on any atom is -0.340 e. The highest BCUT2D eigenvalue weighted by Gasteiger charge is 2.26. The van der Waals surface area contributed by atoms with Crippen molar-refractivity contribution in [2.45, 2.75) is 19.9 Å². The molecule has 1 heterocycles. The summed E-state index contributed by atoms with van der Waals surface area (Å²) < 4.78 is 15.4. The van der Waals surface area contributed by atoms with Crippen LogP contribution in [0.25, 0.3) is 11.4 Å². The van der Waals surface area contributed by atoms with E-state index in [1.54, 1.807) is 45.2 Å². The van der Waals surface area contributed by atoms with E-state index in [1.807, 2.05) is 6.07 Å². The van der Waals surface area contributed by atoms with Crippen LogP contribution in [-0.2, 0) is 11.8 Å². The van der Waals surface area contributed by atoms with Gasteiger partial charge in [0.2, 0.25) is 5.91 Å². The third kappa shape index (κ3) is 4.63. The zero-order valence-electron chi connectivity index (χ0n) is 16.3. The number of amides is 2. The van der Waals surface area contributed by atoms with Crippen molar-refractivity contribution in [3.8, 4) is 11.4 Å². The van der Waals surface area contributed by atoms with Crippen molar-refractivity contribution in [3.05, 3.63) is 59.9 Å². The lowest BCUT2D eigenvalue weighted by atomic mass is 10.0. The van der Waals surface area contributed by atoms with E-state index in [0.717, 1.165) is 5.56 Å². The molecule has 0 aliphatic rings. The number of carbonyl (C=O) groups excluding carboxylic acids is 2. The molecule has 0 aliphatic carbocycles. The van der Waals surface area contributed by atoms with Gasteiger partial charge < -0.3 is 10.6 Å². The number of rotatable bonds is 6. The van der Waals surface area contributed by atoms with E-state index in [0.29, 0.717) is 11.5 Å². The van der Waals surface area contributed by atoms with Crippen molar-refractivity contribution in [1.82, 2.24) is 25.5 Å². The Kier molecular flexibility index (Phi) is 5.96. The Labute approximate surface area is 167 Å². The van der Waals surface area contributed by atoms with Crippen LogP contribution < -0.4 is 10.6 Å². The van der Waals surface area contributed by atoms with Gasteiger partial charge in [-0.3, -0.25) is 9.59 Å². The number of anilines is 1.